The van der Waals surface area contributed by atoms with Crippen LogP contribution in [-0.2, 0) is 6.54 Å². The summed E-state index contributed by atoms with van der Waals surface area (Å²) in [6, 6.07) is 9.34. The van der Waals surface area contributed by atoms with Crippen LogP contribution in [0.3, 0.4) is 0 Å². The maximum absolute atomic E-state index is 12.8. The maximum Gasteiger partial charge on any atom is 0.330 e. The Balaban J connectivity index is 1.81. The van der Waals surface area contributed by atoms with Gasteiger partial charge in [0.15, 0.2) is 0 Å². The van der Waals surface area contributed by atoms with Crippen LogP contribution in [0.5, 0.6) is 0 Å². The van der Waals surface area contributed by atoms with Crippen LogP contribution in [0, 0.1) is 0 Å². The quantitative estimate of drug-likeness (QED) is 0.856. The third-order valence-corrected chi connectivity index (χ3v) is 4.09. The van der Waals surface area contributed by atoms with Crippen molar-refractivity contribution in [2.45, 2.75) is 6.54 Å². The van der Waals surface area contributed by atoms with E-state index in [2.05, 4.69) is 9.98 Å². The fourth-order valence-electron chi connectivity index (χ4n) is 2.86. The number of hydrogen-bond donors (Lipinski definition) is 0. The lowest BCUT2D eigenvalue weighted by molar-refractivity contribution is 0.228. The van der Waals surface area contributed by atoms with E-state index < -0.39 is 0 Å². The number of carbonyl (C=O) groups excluding carboxylic acids is 1. The average Bonchev–Trinajstić information content (AvgIpc) is 3.02. The number of pyridine rings is 1. The highest BCUT2D eigenvalue weighted by atomic mass is 35.5. The first-order chi connectivity index (χ1) is 10.7. The van der Waals surface area contributed by atoms with E-state index in [9.17, 15) is 4.79 Å². The van der Waals surface area contributed by atoms with Crippen molar-refractivity contribution in [3.63, 3.8) is 0 Å². The molecule has 0 atom stereocenters. The Kier molecular flexibility index (Phi) is 3.08. The highest BCUT2D eigenvalue weighted by Crippen LogP contribution is 2.34. The molecule has 0 aliphatic carbocycles. The molecule has 2 aliphatic heterocycles. The third kappa shape index (κ3) is 2.05. The van der Waals surface area contributed by atoms with Gasteiger partial charge in [-0.05, 0) is 29.8 Å². The maximum atomic E-state index is 12.8. The molecule has 6 heteroatoms. The van der Waals surface area contributed by atoms with Crippen molar-refractivity contribution in [1.82, 2.24) is 9.88 Å². The number of amides is 2. The number of urea groups is 1. The average molecular weight is 313 g/mol. The Morgan fingerprint density at radius 1 is 1.27 bits per heavy atom. The number of amidine groups is 1. The van der Waals surface area contributed by atoms with E-state index in [1.165, 1.54) is 0 Å². The highest BCUT2D eigenvalue weighted by molar-refractivity contribution is 6.31. The predicted octanol–water partition coefficient (Wildman–Crippen LogP) is 2.94. The van der Waals surface area contributed by atoms with Gasteiger partial charge in [0, 0.05) is 29.5 Å². The summed E-state index contributed by atoms with van der Waals surface area (Å²) in [4.78, 5) is 24.8. The summed E-state index contributed by atoms with van der Waals surface area (Å²) in [5.74, 6) is 0.749. The largest absolute Gasteiger partial charge is 0.330 e. The lowest BCUT2D eigenvalue weighted by Crippen LogP contribution is -2.49. The van der Waals surface area contributed by atoms with Crippen LogP contribution >= 0.6 is 11.6 Å². The van der Waals surface area contributed by atoms with Gasteiger partial charge in [0.1, 0.15) is 5.84 Å². The number of rotatable bonds is 2. The second kappa shape index (κ2) is 5.10. The molecule has 0 saturated carbocycles. The first kappa shape index (κ1) is 13.3. The van der Waals surface area contributed by atoms with E-state index >= 15 is 0 Å². The molecule has 0 radical (unpaired) electrons. The Bertz CT molecular complexity index is 775. The molecule has 2 aromatic rings. The molecule has 0 N–H and O–H groups in total. The molecule has 1 aromatic heterocycles. The molecule has 0 spiro atoms. The normalized spacial score (nSPS) is 16.4. The number of fused-ring (bicyclic) bond motifs is 3. The van der Waals surface area contributed by atoms with Crippen LogP contribution in [0.1, 0.15) is 11.1 Å². The minimum absolute atomic E-state index is 0.0603. The third-order valence-electron chi connectivity index (χ3n) is 3.86. The van der Waals surface area contributed by atoms with Gasteiger partial charge in [-0.1, -0.05) is 17.7 Å². The van der Waals surface area contributed by atoms with Crippen molar-refractivity contribution in [3.8, 4) is 0 Å². The Labute approximate surface area is 132 Å². The number of halogens is 1. The molecule has 4 rings (SSSR count). The molecular weight excluding hydrogens is 300 g/mol. The van der Waals surface area contributed by atoms with E-state index in [-0.39, 0.29) is 6.03 Å². The van der Waals surface area contributed by atoms with E-state index in [1.54, 1.807) is 22.2 Å². The molecule has 5 nitrogen and oxygen atoms in total. The number of carbonyl (C=O) groups is 1. The van der Waals surface area contributed by atoms with Gasteiger partial charge in [0.05, 0.1) is 18.8 Å². The summed E-state index contributed by atoms with van der Waals surface area (Å²) in [5, 5.41) is 0.606. The Morgan fingerprint density at radius 2 is 2.18 bits per heavy atom. The first-order valence-corrected chi connectivity index (χ1v) is 7.44. The molecule has 22 heavy (non-hydrogen) atoms. The van der Waals surface area contributed by atoms with Crippen LogP contribution in [0.4, 0.5) is 10.5 Å². The van der Waals surface area contributed by atoms with E-state index in [1.807, 2.05) is 30.3 Å². The molecule has 0 bridgehead atoms. The number of hydrogen-bond acceptors (Lipinski definition) is 3. The number of anilines is 1. The van der Waals surface area contributed by atoms with Crippen LogP contribution in [-0.4, -0.2) is 34.8 Å². The molecular formula is C16H13ClN4O. The van der Waals surface area contributed by atoms with Crippen molar-refractivity contribution in [2.24, 2.45) is 4.99 Å². The van der Waals surface area contributed by atoms with Crippen molar-refractivity contribution < 1.29 is 4.79 Å². The molecule has 3 heterocycles. The monoisotopic (exact) mass is 312 g/mol. The molecule has 110 valence electrons. The van der Waals surface area contributed by atoms with Crippen molar-refractivity contribution >= 4 is 29.2 Å². The minimum Gasteiger partial charge on any atom is -0.289 e. The fraction of sp³-hybridized carbons (Fsp3) is 0.188. The van der Waals surface area contributed by atoms with Crippen LogP contribution in [0.2, 0.25) is 5.02 Å². The zero-order chi connectivity index (χ0) is 15.1. The summed E-state index contributed by atoms with van der Waals surface area (Å²) in [5.41, 5.74) is 2.73. The van der Waals surface area contributed by atoms with Gasteiger partial charge in [-0.2, -0.15) is 0 Å². The highest BCUT2D eigenvalue weighted by Gasteiger charge is 2.37. The second-order valence-corrected chi connectivity index (χ2v) is 5.68. The van der Waals surface area contributed by atoms with Crippen molar-refractivity contribution in [2.75, 3.05) is 18.0 Å². The van der Waals surface area contributed by atoms with E-state index in [4.69, 9.17) is 11.6 Å². The Hall–Kier alpha value is -2.40. The molecule has 0 unspecified atom stereocenters. The van der Waals surface area contributed by atoms with E-state index in [0.717, 1.165) is 22.6 Å². The molecule has 2 aliphatic rings. The van der Waals surface area contributed by atoms with Gasteiger partial charge < -0.3 is 0 Å². The predicted molar refractivity (Wildman–Crippen MR) is 85.4 cm³/mol. The topological polar surface area (TPSA) is 48.8 Å². The molecule has 2 amide bonds. The van der Waals surface area contributed by atoms with Crippen molar-refractivity contribution in [3.05, 3.63) is 58.9 Å². The summed E-state index contributed by atoms with van der Waals surface area (Å²) < 4.78 is 0. The summed E-state index contributed by atoms with van der Waals surface area (Å²) in [7, 11) is 0. The number of aliphatic imine (C=N–C) groups is 1. The Morgan fingerprint density at radius 3 is 3.00 bits per heavy atom. The van der Waals surface area contributed by atoms with Crippen LogP contribution in [0.25, 0.3) is 0 Å². The van der Waals surface area contributed by atoms with Crippen molar-refractivity contribution in [1.29, 1.82) is 0 Å². The van der Waals surface area contributed by atoms with Crippen LogP contribution in [0.15, 0.2) is 47.7 Å². The summed E-state index contributed by atoms with van der Waals surface area (Å²) >= 11 is 6.13. The molecule has 1 aromatic carbocycles. The number of benzene rings is 1. The van der Waals surface area contributed by atoms with Crippen LogP contribution < -0.4 is 4.90 Å². The van der Waals surface area contributed by atoms with Gasteiger partial charge in [-0.3, -0.25) is 19.8 Å². The van der Waals surface area contributed by atoms with Gasteiger partial charge >= 0.3 is 6.03 Å². The summed E-state index contributed by atoms with van der Waals surface area (Å²) in [6.45, 7) is 1.73. The zero-order valence-corrected chi connectivity index (χ0v) is 12.5. The summed E-state index contributed by atoms with van der Waals surface area (Å²) in [6.07, 6.45) is 3.49. The molecule has 0 fully saturated rings. The first-order valence-electron chi connectivity index (χ1n) is 7.06. The minimum atomic E-state index is -0.0603. The fourth-order valence-corrected chi connectivity index (χ4v) is 3.02. The SMILES string of the molecule is O=C1N2CCN=C2c2ccc(Cl)cc2N1Cc1cccnc1. The van der Waals surface area contributed by atoms with Gasteiger partial charge in [0.25, 0.3) is 0 Å². The number of nitrogens with zero attached hydrogens (tertiary/aromatic N) is 4. The number of aromatic nitrogens is 1. The molecule has 0 saturated heterocycles. The van der Waals surface area contributed by atoms with Gasteiger partial charge in [-0.15, -0.1) is 0 Å². The van der Waals surface area contributed by atoms with Gasteiger partial charge in [0.2, 0.25) is 0 Å². The van der Waals surface area contributed by atoms with E-state index in [0.29, 0.717) is 24.7 Å². The smallest absolute Gasteiger partial charge is 0.289 e. The van der Waals surface area contributed by atoms with Gasteiger partial charge in [-0.25, -0.2) is 4.79 Å². The standard InChI is InChI=1S/C16H13ClN4O/c17-12-3-4-13-14(8-12)21(10-11-2-1-5-18-9-11)16(22)20-7-6-19-15(13)20/h1-5,8-9H,6-7,10H2. The zero-order valence-electron chi connectivity index (χ0n) is 11.7. The lowest BCUT2D eigenvalue weighted by Gasteiger charge is -2.35. The lowest BCUT2D eigenvalue weighted by atomic mass is 10.1. The second-order valence-electron chi connectivity index (χ2n) is 5.25.